The van der Waals surface area contributed by atoms with Gasteiger partial charge in [-0.05, 0) is 24.3 Å². The van der Waals surface area contributed by atoms with Gasteiger partial charge in [0, 0.05) is 37.6 Å². The highest BCUT2D eigenvalue weighted by Gasteiger charge is 2.50. The molecule has 0 aromatic heterocycles. The highest BCUT2D eigenvalue weighted by Crippen LogP contribution is 2.71. The quantitative estimate of drug-likeness (QED) is 0.423. The molecule has 3 atom stereocenters. The molecule has 2 aromatic rings. The van der Waals surface area contributed by atoms with Crippen LogP contribution in [0.5, 0.6) is 17.2 Å². The van der Waals surface area contributed by atoms with Gasteiger partial charge < -0.3 is 23.1 Å². The van der Waals surface area contributed by atoms with Crippen LogP contribution in [0.1, 0.15) is 0 Å². The lowest BCUT2D eigenvalue weighted by molar-refractivity contribution is -0.0151. The Bertz CT molecular complexity index is 938. The summed E-state index contributed by atoms with van der Waals surface area (Å²) >= 11 is 1.47. The van der Waals surface area contributed by atoms with Crippen LogP contribution < -0.4 is 19.1 Å². The van der Waals surface area contributed by atoms with E-state index in [0.717, 1.165) is 4.90 Å². The number of hydrogen-bond acceptors (Lipinski definition) is 8. The first-order valence-electron chi connectivity index (χ1n) is 10.0. The lowest BCUT2D eigenvalue weighted by Gasteiger charge is -2.39. The fourth-order valence-electron chi connectivity index (χ4n) is 3.75. The predicted molar refractivity (Wildman–Crippen MR) is 130 cm³/mol. The van der Waals surface area contributed by atoms with Crippen molar-refractivity contribution < 1.29 is 33.1 Å². The third-order valence-corrected chi connectivity index (χ3v) is 11.1. The zero-order chi connectivity index (χ0) is 24.2. The Kier molecular flexibility index (Phi) is 8.24. The molecule has 33 heavy (non-hydrogen) atoms. The number of anilines is 1. The van der Waals surface area contributed by atoms with Crippen molar-refractivity contribution in [2.45, 2.75) is 15.0 Å². The van der Waals surface area contributed by atoms with Crippen molar-refractivity contribution in [3.8, 4) is 17.2 Å². The van der Waals surface area contributed by atoms with Gasteiger partial charge in [0.1, 0.15) is 0 Å². The van der Waals surface area contributed by atoms with E-state index < -0.39 is 21.1 Å². The Balaban J connectivity index is 2.11. The van der Waals surface area contributed by atoms with E-state index in [2.05, 4.69) is 0 Å². The topological polar surface area (TPSA) is 89.9 Å². The van der Waals surface area contributed by atoms with E-state index >= 15 is 0 Å². The number of nitrogens with zero attached hydrogens (tertiary/aromatic N) is 2. The van der Waals surface area contributed by atoms with E-state index in [1.807, 2.05) is 42.5 Å². The standard InChI is InChI=1S/C22H30N2O7S2/c1-23(26)21(25)24(15-10-8-7-9-11-15)19-14-33(31-6,22(30-5)32-19)16-12-17(27-2)20(29-4)18(13-16)28-3/h7-13,19,22,26H,14H2,1-6H3. The maximum absolute atomic E-state index is 13.0. The molecule has 11 heteroatoms. The van der Waals surface area contributed by atoms with Crippen LogP contribution in [0.25, 0.3) is 0 Å². The van der Waals surface area contributed by atoms with Crippen LogP contribution in [0.3, 0.4) is 0 Å². The Morgan fingerprint density at radius 3 is 2.09 bits per heavy atom. The normalized spacial score (nSPS) is 24.0. The Hall–Kier alpha value is -2.31. The molecule has 1 aliphatic rings. The average Bonchev–Trinajstić information content (AvgIpc) is 3.23. The zero-order valence-electron chi connectivity index (χ0n) is 19.5. The highest BCUT2D eigenvalue weighted by atomic mass is 32.3. The van der Waals surface area contributed by atoms with Crippen LogP contribution in [0.15, 0.2) is 47.4 Å². The maximum atomic E-state index is 13.0. The van der Waals surface area contributed by atoms with Gasteiger partial charge in [0.15, 0.2) is 16.3 Å². The first kappa shape index (κ1) is 25.3. The van der Waals surface area contributed by atoms with E-state index in [4.69, 9.17) is 23.1 Å². The van der Waals surface area contributed by atoms with Gasteiger partial charge in [0.2, 0.25) is 5.75 Å². The summed E-state index contributed by atoms with van der Waals surface area (Å²) in [5.41, 5.74) is 0.659. The third-order valence-electron chi connectivity index (χ3n) is 5.30. The van der Waals surface area contributed by atoms with Gasteiger partial charge in [-0.2, -0.15) is 0 Å². The van der Waals surface area contributed by atoms with Crippen molar-refractivity contribution in [2.75, 3.05) is 53.2 Å². The van der Waals surface area contributed by atoms with Crippen molar-refractivity contribution in [3.05, 3.63) is 42.5 Å². The summed E-state index contributed by atoms with van der Waals surface area (Å²) in [5.74, 6) is 1.95. The zero-order valence-corrected chi connectivity index (χ0v) is 21.1. The number of benzene rings is 2. The molecule has 3 rings (SSSR count). The number of carbonyl (C=O) groups is 1. The van der Waals surface area contributed by atoms with Crippen LogP contribution >= 0.6 is 22.1 Å². The molecule has 2 aromatic carbocycles. The Morgan fingerprint density at radius 2 is 1.64 bits per heavy atom. The van der Waals surface area contributed by atoms with Gasteiger partial charge in [0.25, 0.3) is 0 Å². The highest BCUT2D eigenvalue weighted by molar-refractivity contribution is 8.39. The van der Waals surface area contributed by atoms with Gasteiger partial charge in [-0.3, -0.25) is 10.1 Å². The maximum Gasteiger partial charge on any atom is 0.348 e. The molecule has 182 valence electrons. The smallest absolute Gasteiger partial charge is 0.348 e. The van der Waals surface area contributed by atoms with Crippen LogP contribution in [0, 0.1) is 0 Å². The number of thioether (sulfide) groups is 1. The monoisotopic (exact) mass is 498 g/mol. The molecular formula is C22H30N2O7S2. The van der Waals surface area contributed by atoms with Crippen LogP contribution in [-0.4, -0.2) is 74.8 Å². The third kappa shape index (κ3) is 4.69. The average molecular weight is 499 g/mol. The fourth-order valence-corrected chi connectivity index (χ4v) is 9.83. The fraction of sp³-hybridized carbons (Fsp3) is 0.409. The number of hydrogen-bond donors (Lipinski definition) is 1. The number of hydroxylamine groups is 2. The van der Waals surface area contributed by atoms with Gasteiger partial charge in [0.05, 0.1) is 26.7 Å². The predicted octanol–water partition coefficient (Wildman–Crippen LogP) is 4.39. The Morgan fingerprint density at radius 1 is 1.03 bits per heavy atom. The van der Waals surface area contributed by atoms with Gasteiger partial charge in [-0.25, -0.2) is 9.86 Å². The molecule has 0 aliphatic carbocycles. The lowest BCUT2D eigenvalue weighted by atomic mass is 10.3. The molecule has 1 heterocycles. The second-order valence-corrected chi connectivity index (χ2v) is 11.6. The Labute approximate surface area is 200 Å². The van der Waals surface area contributed by atoms with Crippen LogP contribution in [0.4, 0.5) is 10.5 Å². The summed E-state index contributed by atoms with van der Waals surface area (Å²) in [7, 11) is 7.14. The molecule has 9 nitrogen and oxygen atoms in total. The van der Waals surface area contributed by atoms with Crippen molar-refractivity contribution >= 4 is 33.8 Å². The minimum atomic E-state index is -2.09. The van der Waals surface area contributed by atoms with E-state index in [-0.39, 0.29) is 5.37 Å². The van der Waals surface area contributed by atoms with Crippen molar-refractivity contribution in [2.24, 2.45) is 0 Å². The summed E-state index contributed by atoms with van der Waals surface area (Å²) < 4.78 is 28.2. The number of amides is 2. The number of methoxy groups -OCH3 is 4. The largest absolute Gasteiger partial charge is 0.493 e. The van der Waals surface area contributed by atoms with Crippen molar-refractivity contribution in [1.29, 1.82) is 0 Å². The van der Waals surface area contributed by atoms with E-state index in [1.54, 1.807) is 40.4 Å². The van der Waals surface area contributed by atoms with E-state index in [0.29, 0.717) is 33.8 Å². The van der Waals surface area contributed by atoms with E-state index in [9.17, 15) is 10.0 Å². The molecule has 0 bridgehead atoms. The molecule has 1 aliphatic heterocycles. The summed E-state index contributed by atoms with van der Waals surface area (Å²) in [6, 6.07) is 12.4. The van der Waals surface area contributed by atoms with Gasteiger partial charge in [-0.1, -0.05) is 40.3 Å². The second-order valence-electron chi connectivity index (χ2n) is 7.05. The minimum absolute atomic E-state index is 0.367. The molecule has 1 fully saturated rings. The molecule has 2 amide bonds. The molecule has 0 spiro atoms. The van der Waals surface area contributed by atoms with Crippen LogP contribution in [-0.2, 0) is 8.92 Å². The van der Waals surface area contributed by atoms with Gasteiger partial charge >= 0.3 is 6.03 Å². The lowest BCUT2D eigenvalue weighted by Crippen LogP contribution is -2.45. The number of para-hydroxylation sites is 1. The summed E-state index contributed by atoms with van der Waals surface area (Å²) in [5, 5.41) is 10.2. The number of ether oxygens (including phenoxy) is 4. The molecule has 1 saturated heterocycles. The summed E-state index contributed by atoms with van der Waals surface area (Å²) in [4.78, 5) is 15.4. The minimum Gasteiger partial charge on any atom is -0.493 e. The van der Waals surface area contributed by atoms with E-state index in [1.165, 1.54) is 18.8 Å². The van der Waals surface area contributed by atoms with Crippen LogP contribution in [0.2, 0.25) is 0 Å². The molecule has 0 radical (unpaired) electrons. The number of carbonyl (C=O) groups excluding carboxylic acids is 1. The summed E-state index contributed by atoms with van der Waals surface area (Å²) in [6.07, 6.45) is 0. The second kappa shape index (κ2) is 10.7. The number of rotatable bonds is 8. The number of urea groups is 1. The van der Waals surface area contributed by atoms with Crippen molar-refractivity contribution in [1.82, 2.24) is 5.06 Å². The molecule has 1 N–H and O–H groups in total. The molecule has 3 unspecified atom stereocenters. The van der Waals surface area contributed by atoms with Crippen molar-refractivity contribution in [3.63, 3.8) is 0 Å². The first-order chi connectivity index (χ1) is 15.9. The SMILES string of the molecule is COc1cc(S2(OC)CC(N(C(=O)N(C)O)c3ccccc3)SC2OC)cc(OC)c1OC. The first-order valence-corrected chi connectivity index (χ1v) is 12.7. The molecular weight excluding hydrogens is 468 g/mol. The molecule has 0 saturated carbocycles. The summed E-state index contributed by atoms with van der Waals surface area (Å²) in [6.45, 7) is 0. The van der Waals surface area contributed by atoms with Gasteiger partial charge in [-0.15, -0.1) is 0 Å².